The first-order valence-electron chi connectivity index (χ1n) is 13.7. The van der Waals surface area contributed by atoms with Crippen molar-refractivity contribution in [3.63, 3.8) is 0 Å². The molecule has 2 aromatic carbocycles. The zero-order valence-electron chi connectivity index (χ0n) is 22.1. The number of benzene rings is 2. The zero-order valence-corrected chi connectivity index (χ0v) is 24.5. The number of hydrogen-bond acceptors (Lipinski definition) is 4. The van der Waals surface area contributed by atoms with Gasteiger partial charge in [-0.1, -0.05) is 47.3 Å². The van der Waals surface area contributed by atoms with Crippen molar-refractivity contribution in [2.24, 2.45) is 0 Å². The molecule has 1 N–H and O–H groups in total. The topological polar surface area (TPSA) is 51.8 Å². The smallest absolute Gasteiger partial charge is 0.252 e. The molecule has 1 saturated heterocycles. The highest BCUT2D eigenvalue weighted by Crippen LogP contribution is 2.45. The van der Waals surface area contributed by atoms with Crippen molar-refractivity contribution in [3.05, 3.63) is 63.8 Å². The van der Waals surface area contributed by atoms with Crippen LogP contribution in [0.5, 0.6) is 5.75 Å². The van der Waals surface area contributed by atoms with Gasteiger partial charge in [-0.05, 0) is 87.0 Å². The van der Waals surface area contributed by atoms with Gasteiger partial charge in [-0.25, -0.2) is 0 Å². The second-order valence-corrected chi connectivity index (χ2v) is 12.4. The van der Waals surface area contributed by atoms with Gasteiger partial charge < -0.3 is 19.5 Å². The van der Waals surface area contributed by atoms with Crippen LogP contribution >= 0.6 is 28.1 Å². The van der Waals surface area contributed by atoms with E-state index in [9.17, 15) is 4.79 Å². The summed E-state index contributed by atoms with van der Waals surface area (Å²) >= 11 is 9.75. The summed E-state index contributed by atoms with van der Waals surface area (Å²) in [4.78, 5) is 24.0. The number of amides is 1. The molecule has 3 aliphatic rings. The molecule has 200 valence electrons. The molecule has 1 amide bonds. The Morgan fingerprint density at radius 2 is 1.87 bits per heavy atom. The lowest BCUT2D eigenvalue weighted by Gasteiger charge is -2.38. The summed E-state index contributed by atoms with van der Waals surface area (Å²) in [6, 6.07) is 14.5. The fourth-order valence-corrected chi connectivity index (χ4v) is 7.29. The van der Waals surface area contributed by atoms with Gasteiger partial charge in [0.05, 0.1) is 12.6 Å². The van der Waals surface area contributed by atoms with Crippen LogP contribution in [0.3, 0.4) is 0 Å². The molecule has 2 atom stereocenters. The Balaban J connectivity index is 1.36. The maximum atomic E-state index is 14.0. The molecule has 1 saturated carbocycles. The van der Waals surface area contributed by atoms with Crippen LogP contribution in [0.25, 0.3) is 10.9 Å². The number of carbonyl (C=O) groups is 1. The molecule has 6 rings (SSSR count). The average molecular weight is 596 g/mol. The summed E-state index contributed by atoms with van der Waals surface area (Å²) < 4.78 is 7.05. The van der Waals surface area contributed by atoms with Crippen LogP contribution in [0.2, 0.25) is 0 Å². The summed E-state index contributed by atoms with van der Waals surface area (Å²) in [5, 5.41) is 1.86. The lowest BCUT2D eigenvalue weighted by molar-refractivity contribution is -0.130. The highest BCUT2D eigenvalue weighted by molar-refractivity contribution is 9.10. The van der Waals surface area contributed by atoms with E-state index in [4.69, 9.17) is 17.0 Å². The van der Waals surface area contributed by atoms with Crippen LogP contribution in [-0.4, -0.2) is 70.0 Å². The number of rotatable bonds is 7. The Labute approximate surface area is 238 Å². The molecular formula is C30H35BrN4O2S. The number of carbonyl (C=O) groups excluding carboxylic acids is 1. The van der Waals surface area contributed by atoms with Crippen molar-refractivity contribution in [3.8, 4) is 5.75 Å². The average Bonchev–Trinajstić information content (AvgIpc) is 3.40. The highest BCUT2D eigenvalue weighted by atomic mass is 79.9. The molecule has 8 heteroatoms. The predicted octanol–water partition coefficient (Wildman–Crippen LogP) is 6.04. The van der Waals surface area contributed by atoms with Gasteiger partial charge >= 0.3 is 0 Å². The Morgan fingerprint density at radius 1 is 1.11 bits per heavy atom. The third-order valence-electron chi connectivity index (χ3n) is 8.29. The third kappa shape index (κ3) is 4.65. The van der Waals surface area contributed by atoms with E-state index in [1.54, 1.807) is 0 Å². The van der Waals surface area contributed by atoms with Crippen molar-refractivity contribution >= 4 is 50.1 Å². The molecule has 2 fully saturated rings. The minimum atomic E-state index is -0.276. The number of aromatic amines is 1. The van der Waals surface area contributed by atoms with E-state index in [1.807, 2.05) is 17.0 Å². The number of ether oxygens (including phenoxy) is 1. The van der Waals surface area contributed by atoms with E-state index in [0.717, 1.165) is 52.8 Å². The molecule has 3 heterocycles. The van der Waals surface area contributed by atoms with Crippen molar-refractivity contribution in [2.45, 2.75) is 63.1 Å². The molecule has 38 heavy (non-hydrogen) atoms. The van der Waals surface area contributed by atoms with E-state index in [-0.39, 0.29) is 24.0 Å². The molecule has 0 bridgehead atoms. The minimum Gasteiger partial charge on any atom is -0.494 e. The van der Waals surface area contributed by atoms with Gasteiger partial charge in [0.2, 0.25) is 0 Å². The molecule has 3 aromatic rings. The van der Waals surface area contributed by atoms with Crippen LogP contribution < -0.4 is 4.74 Å². The van der Waals surface area contributed by atoms with Gasteiger partial charge in [0.15, 0.2) is 5.11 Å². The third-order valence-corrected chi connectivity index (χ3v) is 9.19. The summed E-state index contributed by atoms with van der Waals surface area (Å²) in [6.45, 7) is 1.68. The first-order chi connectivity index (χ1) is 18.4. The highest BCUT2D eigenvalue weighted by Gasteiger charge is 2.52. The maximum Gasteiger partial charge on any atom is 0.252 e. The van der Waals surface area contributed by atoms with Gasteiger partial charge in [0, 0.05) is 40.1 Å². The molecule has 6 nitrogen and oxygen atoms in total. The monoisotopic (exact) mass is 594 g/mol. The molecule has 2 aliphatic heterocycles. The zero-order chi connectivity index (χ0) is 26.4. The number of H-pyrrole nitrogens is 1. The molecule has 0 spiro atoms. The van der Waals surface area contributed by atoms with Gasteiger partial charge in [-0.3, -0.25) is 9.69 Å². The second kappa shape index (κ2) is 10.6. The molecule has 1 aliphatic carbocycles. The standard InChI is InChI=1S/C30H35BrN4O2S/c1-33(2)15-6-16-37-22-12-9-19(10-13-22)28-27-24(23-17-20(31)11-14-25(23)32-27)18-26-29(36)34(30(38)35(26)28)21-7-4-3-5-8-21/h9-14,17,21,26,28,32H,3-8,15-16,18H2,1-2H3. The van der Waals surface area contributed by atoms with Crippen molar-refractivity contribution in [2.75, 3.05) is 27.2 Å². The Hall–Kier alpha value is -2.42. The number of thiocarbonyl (C=S) groups is 1. The van der Waals surface area contributed by atoms with Gasteiger partial charge in [0.1, 0.15) is 11.8 Å². The lowest BCUT2D eigenvalue weighted by Crippen LogP contribution is -2.44. The molecule has 2 unspecified atom stereocenters. The molecule has 1 aromatic heterocycles. The second-order valence-electron chi connectivity index (χ2n) is 11.1. The van der Waals surface area contributed by atoms with Crippen molar-refractivity contribution < 1.29 is 9.53 Å². The van der Waals surface area contributed by atoms with E-state index in [1.165, 1.54) is 30.2 Å². The Bertz CT molecular complexity index is 1350. The van der Waals surface area contributed by atoms with Gasteiger partial charge in [-0.2, -0.15) is 0 Å². The fourth-order valence-electron chi connectivity index (χ4n) is 6.45. The maximum absolute atomic E-state index is 14.0. The Kier molecular flexibility index (Phi) is 7.22. The van der Waals surface area contributed by atoms with Crippen LogP contribution in [0.1, 0.15) is 61.4 Å². The fraction of sp³-hybridized carbons (Fsp3) is 0.467. The molecule has 0 radical (unpaired) electrons. The minimum absolute atomic E-state index is 0.150. The first-order valence-corrected chi connectivity index (χ1v) is 15.0. The molecular weight excluding hydrogens is 560 g/mol. The number of fused-ring (bicyclic) bond motifs is 4. The quantitative estimate of drug-likeness (QED) is 0.267. The van der Waals surface area contributed by atoms with Gasteiger partial charge in [-0.15, -0.1) is 0 Å². The lowest BCUT2D eigenvalue weighted by atomic mass is 9.88. The first kappa shape index (κ1) is 25.8. The van der Waals surface area contributed by atoms with E-state index in [0.29, 0.717) is 18.1 Å². The Morgan fingerprint density at radius 3 is 2.61 bits per heavy atom. The predicted molar refractivity (Wildman–Crippen MR) is 159 cm³/mol. The number of hydrogen-bond donors (Lipinski definition) is 1. The number of halogens is 1. The van der Waals surface area contributed by atoms with Gasteiger partial charge in [0.25, 0.3) is 5.91 Å². The van der Waals surface area contributed by atoms with E-state index < -0.39 is 0 Å². The summed E-state index contributed by atoms with van der Waals surface area (Å²) in [5.74, 6) is 1.03. The van der Waals surface area contributed by atoms with Crippen molar-refractivity contribution in [1.82, 2.24) is 19.7 Å². The van der Waals surface area contributed by atoms with E-state index in [2.05, 4.69) is 75.1 Å². The summed E-state index contributed by atoms with van der Waals surface area (Å²) in [7, 11) is 4.15. The SMILES string of the molecule is CN(C)CCCOc1ccc(C2c3[nH]c4ccc(Br)cc4c3CC3C(=O)N(C4CCCCC4)C(=S)N32)cc1. The van der Waals surface area contributed by atoms with Crippen LogP contribution in [-0.2, 0) is 11.2 Å². The largest absolute Gasteiger partial charge is 0.494 e. The van der Waals surface area contributed by atoms with Crippen molar-refractivity contribution in [1.29, 1.82) is 0 Å². The van der Waals surface area contributed by atoms with E-state index >= 15 is 0 Å². The summed E-state index contributed by atoms with van der Waals surface area (Å²) in [6.07, 6.45) is 7.30. The van der Waals surface area contributed by atoms with Crippen LogP contribution in [0.15, 0.2) is 46.9 Å². The van der Waals surface area contributed by atoms with Crippen LogP contribution in [0.4, 0.5) is 0 Å². The number of nitrogens with zero attached hydrogens (tertiary/aromatic N) is 3. The number of aromatic nitrogens is 1. The van der Waals surface area contributed by atoms with Crippen LogP contribution in [0, 0.1) is 0 Å². The summed E-state index contributed by atoms with van der Waals surface area (Å²) in [5.41, 5.74) is 4.56. The number of nitrogens with one attached hydrogen (secondary N) is 1. The normalized spacial score (nSPS) is 21.9.